The average Bonchev–Trinajstić information content (AvgIpc) is 3.99. The second-order valence-corrected chi connectivity index (χ2v) is 34.4. The number of hydrogen-bond donors (Lipinski definition) is 0. The maximum absolute atomic E-state index is 11.6. The number of rotatable bonds is 22. The van der Waals surface area contributed by atoms with Gasteiger partial charge in [-0.15, -0.1) is 0 Å². The summed E-state index contributed by atoms with van der Waals surface area (Å²) in [5.41, 5.74) is 1.83. The van der Waals surface area contributed by atoms with Gasteiger partial charge in [-0.1, -0.05) is 247 Å². The van der Waals surface area contributed by atoms with Gasteiger partial charge in [0.2, 0.25) is 0 Å². The van der Waals surface area contributed by atoms with Crippen LogP contribution in [-0.4, -0.2) is 65.4 Å². The Morgan fingerprint density at radius 3 is 1.02 bits per heavy atom. The molecule has 0 heterocycles. The van der Waals surface area contributed by atoms with E-state index in [0.29, 0.717) is 105 Å². The van der Waals surface area contributed by atoms with Crippen molar-refractivity contribution in [2.75, 3.05) is 13.2 Å². The molecule has 3 fully saturated rings. The lowest BCUT2D eigenvalue weighted by molar-refractivity contribution is -0.129. The van der Waals surface area contributed by atoms with Crippen molar-refractivity contribution in [1.82, 2.24) is 0 Å². The Morgan fingerprint density at radius 1 is 0.400 bits per heavy atom. The molecule has 0 bridgehead atoms. The van der Waals surface area contributed by atoms with E-state index >= 15 is 0 Å². The molecule has 0 saturated heterocycles. The molecular weight excluding hydrogens is 1060 g/mol. The lowest BCUT2D eigenvalue weighted by Crippen LogP contribution is -2.24. The van der Waals surface area contributed by atoms with E-state index in [1.165, 1.54) is 57.8 Å². The average molecular weight is 1200 g/mol. The summed E-state index contributed by atoms with van der Waals surface area (Å²) in [5.74, 6) is 4.80. The van der Waals surface area contributed by atoms with Crippen molar-refractivity contribution in [3.8, 4) is 0 Å². The minimum Gasteiger partial charge on any atom is -0.370 e. The third-order valence-corrected chi connectivity index (χ3v) is 13.5. The Hall–Kier alpha value is -3.17. The zero-order valence-electron chi connectivity index (χ0n) is 60.6. The van der Waals surface area contributed by atoms with Crippen molar-refractivity contribution in [3.05, 3.63) is 35.9 Å². The number of Topliss-reactive ketones (excluding diaryl/α,β-unsaturated/α-hetero) is 7. The van der Waals surface area contributed by atoms with Crippen molar-refractivity contribution in [3.63, 3.8) is 0 Å². The topological polar surface area (TPSA) is 138 Å². The molecule has 496 valence electrons. The second kappa shape index (κ2) is 42.7. The Kier molecular flexibility index (Phi) is 43.2. The van der Waals surface area contributed by atoms with E-state index in [1.807, 2.05) is 71.9 Å². The molecule has 1 aromatic carbocycles. The molecule has 3 saturated carbocycles. The minimum atomic E-state index is -0.202. The Bertz CT molecular complexity index is 1960. The van der Waals surface area contributed by atoms with Gasteiger partial charge in [0, 0.05) is 77.0 Å². The van der Waals surface area contributed by atoms with E-state index in [0.717, 1.165) is 55.9 Å². The molecule has 3 aliphatic carbocycles. The van der Waals surface area contributed by atoms with Crippen LogP contribution in [0.25, 0.3) is 0 Å². The fraction of sp³-hybridized carbons (Fsp3) is 0.829. The summed E-state index contributed by atoms with van der Waals surface area (Å²) in [6.07, 6.45) is 22.9. The normalized spacial score (nSPS) is 15.1. The molecule has 9 nitrogen and oxygen atoms in total. The van der Waals surface area contributed by atoms with Crippen molar-refractivity contribution >= 4 is 40.5 Å². The fourth-order valence-electron chi connectivity index (χ4n) is 9.91. The number of benzene rings is 1. The summed E-state index contributed by atoms with van der Waals surface area (Å²) in [7, 11) is 0. The van der Waals surface area contributed by atoms with Crippen molar-refractivity contribution in [1.29, 1.82) is 0 Å². The van der Waals surface area contributed by atoms with Gasteiger partial charge in [0.05, 0.1) is 11.7 Å². The summed E-state index contributed by atoms with van der Waals surface area (Å²) in [4.78, 5) is 79.5. The van der Waals surface area contributed by atoms with E-state index < -0.39 is 0 Å². The number of hydrogen-bond acceptors (Lipinski definition) is 9. The molecule has 0 aromatic heterocycles. The van der Waals surface area contributed by atoms with Gasteiger partial charge in [-0.3, -0.25) is 33.6 Å². The highest BCUT2D eigenvalue weighted by Crippen LogP contribution is 2.33. The van der Waals surface area contributed by atoms with Crippen LogP contribution in [0.2, 0.25) is 0 Å². The van der Waals surface area contributed by atoms with E-state index in [2.05, 4.69) is 138 Å². The minimum absolute atomic E-state index is 0.103. The Labute approximate surface area is 525 Å². The van der Waals surface area contributed by atoms with Crippen molar-refractivity contribution in [2.45, 2.75) is 339 Å². The number of carbonyl (C=O) groups is 7. The first-order valence-electron chi connectivity index (χ1n) is 33.4. The number of ketones is 7. The summed E-state index contributed by atoms with van der Waals surface area (Å²) in [5, 5.41) is 0. The van der Waals surface area contributed by atoms with Gasteiger partial charge in [-0.05, 0) is 95.3 Å². The van der Waals surface area contributed by atoms with Crippen LogP contribution in [0.5, 0.6) is 0 Å². The molecule has 1 aromatic rings. The summed E-state index contributed by atoms with van der Waals surface area (Å²) >= 11 is 0. The van der Waals surface area contributed by atoms with Crippen molar-refractivity contribution < 1.29 is 43.0 Å². The number of carbonyl (C=O) groups excluding carboxylic acids is 7. The zero-order chi connectivity index (χ0) is 66.6. The molecule has 0 radical (unpaired) electrons. The molecule has 85 heavy (non-hydrogen) atoms. The third-order valence-electron chi connectivity index (χ3n) is 13.5. The van der Waals surface area contributed by atoms with E-state index in [9.17, 15) is 33.6 Å². The number of ether oxygens (including phenoxy) is 2. The predicted octanol–water partition coefficient (Wildman–Crippen LogP) is 20.8. The largest absolute Gasteiger partial charge is 0.370 e. The molecule has 9 heteroatoms. The van der Waals surface area contributed by atoms with E-state index in [4.69, 9.17) is 9.47 Å². The lowest BCUT2D eigenvalue weighted by atomic mass is 9.79. The molecule has 0 atom stereocenters. The monoisotopic (exact) mass is 1200 g/mol. The van der Waals surface area contributed by atoms with Gasteiger partial charge < -0.3 is 9.47 Å². The first-order valence-corrected chi connectivity index (χ1v) is 33.4. The second-order valence-electron chi connectivity index (χ2n) is 34.4. The van der Waals surface area contributed by atoms with Crippen LogP contribution in [-0.2, 0) is 49.5 Å². The molecule has 0 N–H and O–H groups in total. The first kappa shape index (κ1) is 86.0. The molecule has 0 unspecified atom stereocenters. The fourth-order valence-corrected chi connectivity index (χ4v) is 9.91. The zero-order valence-corrected chi connectivity index (χ0v) is 60.6. The van der Waals surface area contributed by atoms with Crippen LogP contribution >= 0.6 is 0 Å². The van der Waals surface area contributed by atoms with Crippen LogP contribution in [0, 0.1) is 56.2 Å². The lowest BCUT2D eigenvalue weighted by Gasteiger charge is -2.26. The van der Waals surface area contributed by atoms with Crippen molar-refractivity contribution in [2.24, 2.45) is 56.2 Å². The quantitative estimate of drug-likeness (QED) is 0.111. The first-order chi connectivity index (χ1) is 38.5. The van der Waals surface area contributed by atoms with Crippen LogP contribution in [0.15, 0.2) is 30.3 Å². The SMILES string of the molecule is CC(C)(C)CC(=O)CC(C)(C)C.CC(C)(C)CC(=O)CC1CCC1.CC(C)(C)CC(=O)CC1CCCC1.CC(C)(C)CC(=O)Cc1ccccc1.CC(C)CC(=O)COC(C)(C)C.CC(C)CC(=O)COC1CCCC1.CCC(=O)CC(C)(C)C. The van der Waals surface area contributed by atoms with Gasteiger partial charge in [0.15, 0.2) is 11.6 Å². The highest BCUT2D eigenvalue weighted by Gasteiger charge is 2.25. The van der Waals surface area contributed by atoms with Crippen LogP contribution in [0.1, 0.15) is 327 Å². The molecule has 4 rings (SSSR count). The van der Waals surface area contributed by atoms with Crippen LogP contribution < -0.4 is 0 Å². The molecule has 3 aliphatic rings. The van der Waals surface area contributed by atoms with Crippen LogP contribution in [0.3, 0.4) is 0 Å². The summed E-state index contributed by atoms with van der Waals surface area (Å²) in [6.45, 7) is 54.5. The predicted molar refractivity (Wildman–Crippen MR) is 361 cm³/mol. The maximum atomic E-state index is 11.6. The van der Waals surface area contributed by atoms with E-state index in [1.54, 1.807) is 0 Å². The highest BCUT2D eigenvalue weighted by atomic mass is 16.5. The van der Waals surface area contributed by atoms with E-state index in [-0.39, 0.29) is 56.3 Å². The summed E-state index contributed by atoms with van der Waals surface area (Å²) in [6, 6.07) is 9.91. The van der Waals surface area contributed by atoms with Gasteiger partial charge >= 0.3 is 0 Å². The molecule has 0 amide bonds. The summed E-state index contributed by atoms with van der Waals surface area (Å²) < 4.78 is 10.9. The molecule has 0 spiro atoms. The molecule has 0 aliphatic heterocycles. The Balaban J connectivity index is -0.000000926. The van der Waals surface area contributed by atoms with Crippen LogP contribution in [0.4, 0.5) is 0 Å². The third kappa shape index (κ3) is 65.1. The Morgan fingerprint density at radius 2 is 0.718 bits per heavy atom. The smallest absolute Gasteiger partial charge is 0.158 e. The van der Waals surface area contributed by atoms with Gasteiger partial charge in [-0.25, -0.2) is 0 Å². The van der Waals surface area contributed by atoms with Gasteiger partial charge in [-0.2, -0.15) is 0 Å². The van der Waals surface area contributed by atoms with Gasteiger partial charge in [0.1, 0.15) is 42.1 Å². The maximum Gasteiger partial charge on any atom is 0.158 e. The highest BCUT2D eigenvalue weighted by molar-refractivity contribution is 5.82. The van der Waals surface area contributed by atoms with Gasteiger partial charge in [0.25, 0.3) is 0 Å². The molecular formula is C76H138O9. The standard InChI is InChI=1S/C13H18O.C12H22O.C11H20O2.C11H20O.C11H22O.C10H20O2.C8H16O/c1-13(2,3)10-12(14)9-11-7-5-4-6-8-11;1-12(2,3)9-11(13)8-10-6-4-5-7-10;1-9(2)7-10(12)8-13-11-5-3-4-6-11;1-11(2,3)8-10(12)7-9-5-4-6-9;1-10(2,3)7-9(12)8-11(4,5)6;1-8(2)6-9(11)7-12-10(3,4)5;1-5-7(9)6-8(2,3)4/h4-8H,9-10H2,1-3H3;10H,4-9H2,1-3H3;9,11H,3-8H2,1-2H3;9H,4-8H2,1-3H3;7-8H2,1-6H3;8H,6-7H2,1-5H3;5-6H2,1-4H3.